The molecule has 1 aromatic heterocycles. The molecule has 4 heteroatoms. The smallest absolute Gasteiger partial charge is 0.153 e. The lowest BCUT2D eigenvalue weighted by Gasteiger charge is -2.04. The SMILES string of the molecule is CC(C)c1c(CN)oc2c(Cl)cc(Br)cc12. The summed E-state index contributed by atoms with van der Waals surface area (Å²) in [5, 5.41) is 1.67. The number of benzene rings is 1. The average Bonchev–Trinajstić information content (AvgIpc) is 2.56. The van der Waals surface area contributed by atoms with Crippen LogP contribution in [0.15, 0.2) is 21.0 Å². The Morgan fingerprint density at radius 3 is 2.69 bits per heavy atom. The van der Waals surface area contributed by atoms with Crippen LogP contribution in [0.2, 0.25) is 5.02 Å². The van der Waals surface area contributed by atoms with Gasteiger partial charge in [-0.25, -0.2) is 0 Å². The molecule has 2 aromatic rings. The maximum Gasteiger partial charge on any atom is 0.153 e. The Bertz CT molecular complexity index is 533. The predicted molar refractivity (Wildman–Crippen MR) is 70.9 cm³/mol. The normalized spacial score (nSPS) is 11.6. The molecular formula is C12H13BrClNO. The molecule has 0 fully saturated rings. The van der Waals surface area contributed by atoms with E-state index in [-0.39, 0.29) is 0 Å². The fourth-order valence-electron chi connectivity index (χ4n) is 1.98. The van der Waals surface area contributed by atoms with Crippen LogP contribution in [0.25, 0.3) is 11.0 Å². The number of halogens is 2. The van der Waals surface area contributed by atoms with Crippen LogP contribution in [-0.4, -0.2) is 0 Å². The standard InChI is InChI=1S/C12H13BrClNO/c1-6(2)11-8-3-7(13)4-9(14)12(8)16-10(11)5-15/h3-4,6H,5,15H2,1-2H3. The van der Waals surface area contributed by atoms with Gasteiger partial charge >= 0.3 is 0 Å². The van der Waals surface area contributed by atoms with Gasteiger partial charge in [0, 0.05) is 15.4 Å². The van der Waals surface area contributed by atoms with Crippen molar-refractivity contribution in [3.8, 4) is 0 Å². The molecule has 2 N–H and O–H groups in total. The van der Waals surface area contributed by atoms with Gasteiger partial charge in [0.25, 0.3) is 0 Å². The summed E-state index contributed by atoms with van der Waals surface area (Å²) in [5.41, 5.74) is 7.58. The third-order valence-corrected chi connectivity index (χ3v) is 3.33. The molecule has 0 atom stereocenters. The van der Waals surface area contributed by atoms with E-state index in [2.05, 4.69) is 29.8 Å². The van der Waals surface area contributed by atoms with Crippen LogP contribution in [0, 0.1) is 0 Å². The Morgan fingerprint density at radius 2 is 2.12 bits per heavy atom. The molecule has 16 heavy (non-hydrogen) atoms. The molecule has 0 aliphatic heterocycles. The average molecular weight is 303 g/mol. The molecule has 1 heterocycles. The molecule has 0 radical (unpaired) electrons. The first-order valence-electron chi connectivity index (χ1n) is 5.15. The Hall–Kier alpha value is -0.510. The van der Waals surface area contributed by atoms with Crippen molar-refractivity contribution in [2.24, 2.45) is 5.73 Å². The lowest BCUT2D eigenvalue weighted by atomic mass is 9.99. The van der Waals surface area contributed by atoms with Crippen molar-refractivity contribution in [1.82, 2.24) is 0 Å². The van der Waals surface area contributed by atoms with E-state index in [1.807, 2.05) is 12.1 Å². The van der Waals surface area contributed by atoms with Crippen molar-refractivity contribution < 1.29 is 4.42 Å². The van der Waals surface area contributed by atoms with Gasteiger partial charge in [0.2, 0.25) is 0 Å². The third-order valence-electron chi connectivity index (χ3n) is 2.59. The minimum Gasteiger partial charge on any atom is -0.458 e. The zero-order valence-electron chi connectivity index (χ0n) is 9.18. The van der Waals surface area contributed by atoms with Crippen LogP contribution in [0.3, 0.4) is 0 Å². The molecule has 0 saturated carbocycles. The minimum atomic E-state index is 0.366. The molecule has 2 rings (SSSR count). The van der Waals surface area contributed by atoms with Gasteiger partial charge in [-0.1, -0.05) is 41.4 Å². The number of nitrogens with two attached hydrogens (primary N) is 1. The maximum atomic E-state index is 6.14. The Morgan fingerprint density at radius 1 is 1.44 bits per heavy atom. The lowest BCUT2D eigenvalue weighted by molar-refractivity contribution is 0.541. The molecule has 1 aromatic carbocycles. The summed E-state index contributed by atoms with van der Waals surface area (Å²) in [7, 11) is 0. The molecule has 0 spiro atoms. The van der Waals surface area contributed by atoms with Crippen molar-refractivity contribution in [2.75, 3.05) is 0 Å². The van der Waals surface area contributed by atoms with Gasteiger partial charge in [0.15, 0.2) is 5.58 Å². The highest BCUT2D eigenvalue weighted by Crippen LogP contribution is 2.37. The maximum absolute atomic E-state index is 6.14. The second-order valence-electron chi connectivity index (χ2n) is 4.06. The summed E-state index contributed by atoms with van der Waals surface area (Å²) in [4.78, 5) is 0. The van der Waals surface area contributed by atoms with Crippen LogP contribution in [0.1, 0.15) is 31.1 Å². The summed E-state index contributed by atoms with van der Waals surface area (Å²) in [6, 6.07) is 3.86. The van der Waals surface area contributed by atoms with Crippen LogP contribution >= 0.6 is 27.5 Å². The molecule has 0 saturated heterocycles. The van der Waals surface area contributed by atoms with E-state index in [0.29, 0.717) is 17.5 Å². The number of hydrogen-bond donors (Lipinski definition) is 1. The van der Waals surface area contributed by atoms with E-state index in [1.165, 1.54) is 0 Å². The molecule has 0 bridgehead atoms. The highest BCUT2D eigenvalue weighted by molar-refractivity contribution is 9.10. The van der Waals surface area contributed by atoms with E-state index in [1.54, 1.807) is 0 Å². The van der Waals surface area contributed by atoms with Gasteiger partial charge in [0.1, 0.15) is 5.76 Å². The number of hydrogen-bond acceptors (Lipinski definition) is 2. The Kier molecular flexibility index (Phi) is 3.29. The number of rotatable bonds is 2. The highest BCUT2D eigenvalue weighted by atomic mass is 79.9. The van der Waals surface area contributed by atoms with Crippen molar-refractivity contribution in [2.45, 2.75) is 26.3 Å². The largest absolute Gasteiger partial charge is 0.458 e. The quantitative estimate of drug-likeness (QED) is 0.891. The second kappa shape index (κ2) is 4.40. The van der Waals surface area contributed by atoms with E-state index in [4.69, 9.17) is 21.8 Å². The summed E-state index contributed by atoms with van der Waals surface area (Å²) in [6.07, 6.45) is 0. The first-order valence-corrected chi connectivity index (χ1v) is 6.32. The molecule has 0 unspecified atom stereocenters. The summed E-state index contributed by atoms with van der Waals surface area (Å²) < 4.78 is 6.67. The summed E-state index contributed by atoms with van der Waals surface area (Å²) in [5.74, 6) is 1.19. The van der Waals surface area contributed by atoms with Crippen LogP contribution in [-0.2, 0) is 6.54 Å². The lowest BCUT2D eigenvalue weighted by Crippen LogP contribution is -1.99. The fourth-order valence-corrected chi connectivity index (χ4v) is 2.82. The first-order chi connectivity index (χ1) is 7.54. The second-order valence-corrected chi connectivity index (χ2v) is 5.38. The van der Waals surface area contributed by atoms with Crippen molar-refractivity contribution in [1.29, 1.82) is 0 Å². The molecule has 2 nitrogen and oxygen atoms in total. The molecule has 0 aliphatic carbocycles. The number of furan rings is 1. The summed E-state index contributed by atoms with van der Waals surface area (Å²) >= 11 is 9.59. The van der Waals surface area contributed by atoms with E-state index in [9.17, 15) is 0 Å². The van der Waals surface area contributed by atoms with Crippen molar-refractivity contribution in [3.63, 3.8) is 0 Å². The zero-order valence-corrected chi connectivity index (χ0v) is 11.5. The van der Waals surface area contributed by atoms with Crippen LogP contribution in [0.4, 0.5) is 0 Å². The highest BCUT2D eigenvalue weighted by Gasteiger charge is 2.18. The molecular weight excluding hydrogens is 289 g/mol. The predicted octanol–water partition coefficient (Wildman–Crippen LogP) is 4.43. The van der Waals surface area contributed by atoms with Gasteiger partial charge in [-0.2, -0.15) is 0 Å². The first kappa shape index (κ1) is 12.0. The minimum absolute atomic E-state index is 0.366. The zero-order chi connectivity index (χ0) is 11.9. The molecule has 86 valence electrons. The Labute approximate surface area is 108 Å². The van der Waals surface area contributed by atoms with E-state index >= 15 is 0 Å². The van der Waals surface area contributed by atoms with Crippen LogP contribution < -0.4 is 5.73 Å². The van der Waals surface area contributed by atoms with Crippen molar-refractivity contribution in [3.05, 3.63) is 33.0 Å². The van der Waals surface area contributed by atoms with E-state index < -0.39 is 0 Å². The fraction of sp³-hybridized carbons (Fsp3) is 0.333. The van der Waals surface area contributed by atoms with E-state index in [0.717, 1.165) is 26.8 Å². The Balaban J connectivity index is 2.84. The number of fused-ring (bicyclic) bond motifs is 1. The van der Waals surface area contributed by atoms with Crippen LogP contribution in [0.5, 0.6) is 0 Å². The van der Waals surface area contributed by atoms with Gasteiger partial charge in [-0.3, -0.25) is 0 Å². The van der Waals surface area contributed by atoms with Crippen molar-refractivity contribution >= 4 is 38.5 Å². The van der Waals surface area contributed by atoms with Gasteiger partial charge in [0.05, 0.1) is 11.6 Å². The topological polar surface area (TPSA) is 39.2 Å². The monoisotopic (exact) mass is 301 g/mol. The van der Waals surface area contributed by atoms with Gasteiger partial charge < -0.3 is 10.2 Å². The van der Waals surface area contributed by atoms with Gasteiger partial charge in [-0.05, 0) is 18.1 Å². The third kappa shape index (κ3) is 1.88. The van der Waals surface area contributed by atoms with Gasteiger partial charge in [-0.15, -0.1) is 0 Å². The molecule has 0 aliphatic rings. The summed E-state index contributed by atoms with van der Waals surface area (Å²) in [6.45, 7) is 4.65. The molecule has 0 amide bonds.